The Morgan fingerprint density at radius 2 is 1.93 bits per heavy atom. The highest BCUT2D eigenvalue weighted by atomic mass is 16.5. The van der Waals surface area contributed by atoms with E-state index in [1.165, 1.54) is 20.2 Å². The lowest BCUT2D eigenvalue weighted by Crippen LogP contribution is -2.21. The average Bonchev–Trinajstić information content (AvgIpc) is 3.50. The van der Waals surface area contributed by atoms with E-state index in [9.17, 15) is 14.4 Å². The number of nitrogens with zero attached hydrogens (tertiary/aromatic N) is 1. The van der Waals surface area contributed by atoms with Gasteiger partial charge in [0.2, 0.25) is 5.91 Å². The molecule has 1 heterocycles. The highest BCUT2D eigenvalue weighted by Crippen LogP contribution is 2.28. The van der Waals surface area contributed by atoms with Crippen molar-refractivity contribution in [3.63, 3.8) is 0 Å². The molecule has 29 heavy (non-hydrogen) atoms. The molecule has 2 aromatic rings. The highest BCUT2D eigenvalue weighted by molar-refractivity contribution is 5.97. The number of nitrogens with one attached hydrogen (secondary N) is 3. The van der Waals surface area contributed by atoms with Crippen LogP contribution in [0.15, 0.2) is 36.5 Å². The van der Waals surface area contributed by atoms with Gasteiger partial charge < -0.3 is 25.4 Å². The Morgan fingerprint density at radius 1 is 1.14 bits per heavy atom. The van der Waals surface area contributed by atoms with Crippen LogP contribution in [0.25, 0.3) is 0 Å². The number of anilines is 3. The predicted molar refractivity (Wildman–Crippen MR) is 107 cm³/mol. The van der Waals surface area contributed by atoms with Crippen molar-refractivity contribution in [1.29, 1.82) is 0 Å². The van der Waals surface area contributed by atoms with Crippen LogP contribution in [-0.4, -0.2) is 42.5 Å². The summed E-state index contributed by atoms with van der Waals surface area (Å²) in [5, 5.41) is 8.44. The summed E-state index contributed by atoms with van der Waals surface area (Å²) in [6.07, 6.45) is 3.66. The van der Waals surface area contributed by atoms with Gasteiger partial charge in [0.05, 0.1) is 18.4 Å². The Morgan fingerprint density at radius 3 is 2.55 bits per heavy atom. The van der Waals surface area contributed by atoms with Gasteiger partial charge in [-0.15, -0.1) is 0 Å². The van der Waals surface area contributed by atoms with E-state index < -0.39 is 18.5 Å². The molecule has 2 amide bonds. The standard InChI is InChI=1S/C20H22N4O5/c1-12(25)22-15-6-7-17(28-2)16(9-15)24-19(26)11-29-20(27)13-3-8-18(21-10-13)23-14-4-5-14/h3,6-10,14H,4-5,11H2,1-2H3,(H,21,23)(H,22,25)(H,24,26). The van der Waals surface area contributed by atoms with Gasteiger partial charge in [0.25, 0.3) is 5.91 Å². The summed E-state index contributed by atoms with van der Waals surface area (Å²) in [5.74, 6) is -0.329. The van der Waals surface area contributed by atoms with Crippen molar-refractivity contribution in [2.45, 2.75) is 25.8 Å². The number of amides is 2. The summed E-state index contributed by atoms with van der Waals surface area (Å²) < 4.78 is 10.2. The molecule has 0 radical (unpaired) electrons. The summed E-state index contributed by atoms with van der Waals surface area (Å²) >= 11 is 0. The van der Waals surface area contributed by atoms with E-state index in [2.05, 4.69) is 20.9 Å². The fraction of sp³-hybridized carbons (Fsp3) is 0.300. The van der Waals surface area contributed by atoms with Crippen LogP contribution < -0.4 is 20.7 Å². The van der Waals surface area contributed by atoms with E-state index >= 15 is 0 Å². The first-order valence-corrected chi connectivity index (χ1v) is 9.10. The number of benzene rings is 1. The predicted octanol–water partition coefficient (Wildman–Crippen LogP) is 2.42. The molecule has 9 nitrogen and oxygen atoms in total. The molecule has 1 aromatic carbocycles. The Bertz CT molecular complexity index is 910. The van der Waals surface area contributed by atoms with Crippen LogP contribution in [0.2, 0.25) is 0 Å². The third kappa shape index (κ3) is 5.93. The van der Waals surface area contributed by atoms with Crippen molar-refractivity contribution in [3.8, 4) is 5.75 Å². The molecule has 152 valence electrons. The second-order valence-corrected chi connectivity index (χ2v) is 6.57. The van der Waals surface area contributed by atoms with Gasteiger partial charge >= 0.3 is 5.97 Å². The van der Waals surface area contributed by atoms with E-state index in [1.807, 2.05) is 0 Å². The van der Waals surface area contributed by atoms with E-state index in [0.717, 1.165) is 12.8 Å². The maximum absolute atomic E-state index is 12.2. The van der Waals surface area contributed by atoms with Gasteiger partial charge in [-0.25, -0.2) is 9.78 Å². The molecule has 1 saturated carbocycles. The van der Waals surface area contributed by atoms with Crippen LogP contribution in [0.3, 0.4) is 0 Å². The Kier molecular flexibility index (Phi) is 6.28. The number of ether oxygens (including phenoxy) is 2. The van der Waals surface area contributed by atoms with Crippen LogP contribution in [-0.2, 0) is 14.3 Å². The third-order valence-electron chi connectivity index (χ3n) is 4.06. The lowest BCUT2D eigenvalue weighted by molar-refractivity contribution is -0.119. The molecule has 0 bridgehead atoms. The third-order valence-corrected chi connectivity index (χ3v) is 4.06. The number of carbonyl (C=O) groups excluding carboxylic acids is 3. The van der Waals surface area contributed by atoms with Gasteiger partial charge in [-0.05, 0) is 43.2 Å². The molecule has 0 spiro atoms. The highest BCUT2D eigenvalue weighted by Gasteiger charge is 2.21. The number of esters is 1. The summed E-state index contributed by atoms with van der Waals surface area (Å²) in [7, 11) is 1.46. The zero-order chi connectivity index (χ0) is 20.8. The number of methoxy groups -OCH3 is 1. The largest absolute Gasteiger partial charge is 0.495 e. The van der Waals surface area contributed by atoms with Gasteiger partial charge in [0.1, 0.15) is 11.6 Å². The minimum Gasteiger partial charge on any atom is -0.495 e. The molecule has 1 aromatic heterocycles. The molecular weight excluding hydrogens is 376 g/mol. The summed E-state index contributed by atoms with van der Waals surface area (Å²) in [5.41, 5.74) is 1.10. The van der Waals surface area contributed by atoms with Crippen LogP contribution in [0.1, 0.15) is 30.1 Å². The molecular formula is C20H22N4O5. The molecule has 9 heteroatoms. The summed E-state index contributed by atoms with van der Waals surface area (Å²) in [4.78, 5) is 39.6. The van der Waals surface area contributed by atoms with Crippen molar-refractivity contribution < 1.29 is 23.9 Å². The van der Waals surface area contributed by atoms with Crippen LogP contribution in [0.4, 0.5) is 17.2 Å². The summed E-state index contributed by atoms with van der Waals surface area (Å²) in [6, 6.07) is 8.56. The van der Waals surface area contributed by atoms with Gasteiger partial charge in [-0.3, -0.25) is 9.59 Å². The number of hydrogen-bond acceptors (Lipinski definition) is 7. The number of hydrogen-bond donors (Lipinski definition) is 3. The van der Waals surface area contributed by atoms with Crippen molar-refractivity contribution in [3.05, 3.63) is 42.1 Å². The maximum atomic E-state index is 12.2. The van der Waals surface area contributed by atoms with E-state index in [4.69, 9.17) is 9.47 Å². The lowest BCUT2D eigenvalue weighted by Gasteiger charge is -2.12. The Labute approximate surface area is 167 Å². The molecule has 1 fully saturated rings. The van der Waals surface area contributed by atoms with Crippen LogP contribution in [0.5, 0.6) is 5.75 Å². The van der Waals surface area contributed by atoms with Crippen molar-refractivity contribution in [2.75, 3.05) is 29.7 Å². The van der Waals surface area contributed by atoms with E-state index in [-0.39, 0.29) is 11.5 Å². The zero-order valence-electron chi connectivity index (χ0n) is 16.2. The first-order chi connectivity index (χ1) is 13.9. The fourth-order valence-electron chi connectivity index (χ4n) is 2.52. The molecule has 3 N–H and O–H groups in total. The van der Waals surface area contributed by atoms with E-state index in [0.29, 0.717) is 29.0 Å². The van der Waals surface area contributed by atoms with Gasteiger partial charge in [0.15, 0.2) is 6.61 Å². The SMILES string of the molecule is COc1ccc(NC(C)=O)cc1NC(=O)COC(=O)c1ccc(NC2CC2)nc1. The first-order valence-electron chi connectivity index (χ1n) is 9.10. The molecule has 0 unspecified atom stereocenters. The smallest absolute Gasteiger partial charge is 0.340 e. The zero-order valence-corrected chi connectivity index (χ0v) is 16.2. The van der Waals surface area contributed by atoms with Crippen molar-refractivity contribution >= 4 is 35.0 Å². The Balaban J connectivity index is 1.54. The molecule has 1 aliphatic rings. The quantitative estimate of drug-likeness (QED) is 0.584. The topological polar surface area (TPSA) is 119 Å². The second kappa shape index (κ2) is 9.05. The Hall–Kier alpha value is -3.62. The number of rotatable bonds is 8. The number of pyridine rings is 1. The molecule has 1 aliphatic carbocycles. The van der Waals surface area contributed by atoms with Crippen molar-refractivity contribution in [2.24, 2.45) is 0 Å². The molecule has 3 rings (SSSR count). The van der Waals surface area contributed by atoms with Crippen LogP contribution in [0, 0.1) is 0 Å². The molecule has 0 aliphatic heterocycles. The molecule has 0 atom stereocenters. The minimum atomic E-state index is -0.649. The van der Waals surface area contributed by atoms with Crippen LogP contribution >= 0.6 is 0 Å². The molecule has 0 saturated heterocycles. The first kappa shape index (κ1) is 20.1. The monoisotopic (exact) mass is 398 g/mol. The number of carbonyl (C=O) groups is 3. The van der Waals surface area contributed by atoms with Gasteiger partial charge in [-0.1, -0.05) is 0 Å². The normalized spacial score (nSPS) is 12.6. The van der Waals surface area contributed by atoms with E-state index in [1.54, 1.807) is 30.3 Å². The maximum Gasteiger partial charge on any atom is 0.340 e. The fourth-order valence-corrected chi connectivity index (χ4v) is 2.52. The number of aromatic nitrogens is 1. The average molecular weight is 398 g/mol. The van der Waals surface area contributed by atoms with Crippen molar-refractivity contribution in [1.82, 2.24) is 4.98 Å². The van der Waals surface area contributed by atoms with Gasteiger partial charge in [-0.2, -0.15) is 0 Å². The lowest BCUT2D eigenvalue weighted by atomic mass is 10.2. The van der Waals surface area contributed by atoms with Gasteiger partial charge in [0, 0.05) is 24.8 Å². The summed E-state index contributed by atoms with van der Waals surface area (Å²) in [6.45, 7) is 0.903. The second-order valence-electron chi connectivity index (χ2n) is 6.57. The minimum absolute atomic E-state index is 0.242.